The first kappa shape index (κ1) is 18.7. The zero-order valence-electron chi connectivity index (χ0n) is 15.1. The highest BCUT2D eigenvalue weighted by atomic mass is 16.3. The number of aliphatic hydroxyl groups excluding tert-OH is 2. The van der Waals surface area contributed by atoms with Gasteiger partial charge in [0.2, 0.25) is 0 Å². The summed E-state index contributed by atoms with van der Waals surface area (Å²) in [5, 5.41) is 19.6. The summed E-state index contributed by atoms with van der Waals surface area (Å²) in [4.78, 5) is 12.6. The second-order valence-electron chi connectivity index (χ2n) is 8.67. The molecule has 132 valence electrons. The van der Waals surface area contributed by atoms with Crippen molar-refractivity contribution in [2.75, 3.05) is 6.61 Å². The second kappa shape index (κ2) is 7.06. The van der Waals surface area contributed by atoms with E-state index in [2.05, 4.69) is 27.4 Å². The van der Waals surface area contributed by atoms with Crippen molar-refractivity contribution < 1.29 is 15.0 Å². The molecule has 2 saturated carbocycles. The summed E-state index contributed by atoms with van der Waals surface area (Å²) in [7, 11) is 0. The van der Waals surface area contributed by atoms with Gasteiger partial charge < -0.3 is 10.2 Å². The molecule has 0 radical (unpaired) electrons. The summed E-state index contributed by atoms with van der Waals surface area (Å²) in [5.74, 6) is 1.09. The Morgan fingerprint density at radius 2 is 2.09 bits per heavy atom. The molecule has 0 aliphatic heterocycles. The molecule has 0 spiro atoms. The zero-order valence-corrected chi connectivity index (χ0v) is 15.1. The summed E-state index contributed by atoms with van der Waals surface area (Å²) in [6.45, 7) is 10.2. The fraction of sp³-hybridized carbons (Fsp3) is 0.850. The molecule has 3 heteroatoms. The fourth-order valence-electron chi connectivity index (χ4n) is 5.03. The van der Waals surface area contributed by atoms with E-state index in [4.69, 9.17) is 0 Å². The van der Waals surface area contributed by atoms with Gasteiger partial charge in [-0.1, -0.05) is 19.4 Å². The van der Waals surface area contributed by atoms with E-state index in [1.165, 1.54) is 5.57 Å². The van der Waals surface area contributed by atoms with Crippen molar-refractivity contribution in [3.8, 4) is 0 Å². The number of aliphatic hydroxyl groups is 2. The first-order valence-corrected chi connectivity index (χ1v) is 9.19. The molecule has 0 heterocycles. The maximum atomic E-state index is 12.6. The van der Waals surface area contributed by atoms with E-state index in [0.717, 1.165) is 44.9 Å². The van der Waals surface area contributed by atoms with Gasteiger partial charge in [0.25, 0.3) is 0 Å². The molecule has 2 N–H and O–H groups in total. The summed E-state index contributed by atoms with van der Waals surface area (Å²) < 4.78 is 0. The number of allylic oxidation sites excluding steroid dienone is 1. The van der Waals surface area contributed by atoms with Crippen LogP contribution in [0.5, 0.6) is 0 Å². The number of hydrogen-bond donors (Lipinski definition) is 2. The summed E-state index contributed by atoms with van der Waals surface area (Å²) in [6.07, 6.45) is 6.81. The highest BCUT2D eigenvalue weighted by Gasteiger charge is 2.53. The van der Waals surface area contributed by atoms with Crippen LogP contribution in [0.4, 0.5) is 0 Å². The van der Waals surface area contributed by atoms with Gasteiger partial charge in [0.05, 0.1) is 12.7 Å². The van der Waals surface area contributed by atoms with E-state index >= 15 is 0 Å². The maximum absolute atomic E-state index is 12.6. The Hall–Kier alpha value is -0.670. The average Bonchev–Trinajstić information content (AvgIpc) is 2.50. The average molecular weight is 322 g/mol. The van der Waals surface area contributed by atoms with Crippen LogP contribution in [0.1, 0.15) is 72.1 Å². The third-order valence-corrected chi connectivity index (χ3v) is 6.88. The Balaban J connectivity index is 2.11. The van der Waals surface area contributed by atoms with Crippen LogP contribution >= 0.6 is 0 Å². The molecular formula is C20H34O3. The number of fused-ring (bicyclic) bond motifs is 1. The molecule has 0 bridgehead atoms. The van der Waals surface area contributed by atoms with E-state index in [1.807, 2.05) is 0 Å². The summed E-state index contributed by atoms with van der Waals surface area (Å²) in [5.41, 5.74) is 1.05. The Kier molecular flexibility index (Phi) is 5.73. The van der Waals surface area contributed by atoms with Gasteiger partial charge in [0, 0.05) is 12.3 Å². The Bertz CT molecular complexity index is 458. The monoisotopic (exact) mass is 322 g/mol. The SMILES string of the molecule is C=C(C)CCC[C@@H]1C(=O)CC[C@H]2C[C@@](C)([C@H](O)CO)CC[C@@]21C. The predicted molar refractivity (Wildman–Crippen MR) is 93.0 cm³/mol. The van der Waals surface area contributed by atoms with Gasteiger partial charge in [-0.3, -0.25) is 4.79 Å². The predicted octanol–water partition coefficient (Wildman–Crippen LogP) is 3.88. The molecule has 2 aliphatic carbocycles. The molecule has 0 aromatic carbocycles. The van der Waals surface area contributed by atoms with Crippen LogP contribution in [-0.2, 0) is 4.79 Å². The number of Topliss-reactive ketones (excluding diaryl/α,β-unsaturated/α-hetero) is 1. The van der Waals surface area contributed by atoms with Crippen molar-refractivity contribution in [2.24, 2.45) is 22.7 Å². The van der Waals surface area contributed by atoms with Gasteiger partial charge in [-0.2, -0.15) is 0 Å². The highest BCUT2D eigenvalue weighted by molar-refractivity contribution is 5.82. The summed E-state index contributed by atoms with van der Waals surface area (Å²) >= 11 is 0. The number of carbonyl (C=O) groups is 1. The van der Waals surface area contributed by atoms with Crippen LogP contribution < -0.4 is 0 Å². The van der Waals surface area contributed by atoms with Crippen molar-refractivity contribution in [3.63, 3.8) is 0 Å². The normalized spacial score (nSPS) is 38.9. The molecule has 2 fully saturated rings. The van der Waals surface area contributed by atoms with Gasteiger partial charge in [-0.05, 0) is 68.6 Å². The fourth-order valence-corrected chi connectivity index (χ4v) is 5.03. The Morgan fingerprint density at radius 3 is 2.70 bits per heavy atom. The van der Waals surface area contributed by atoms with Gasteiger partial charge in [0.1, 0.15) is 5.78 Å². The lowest BCUT2D eigenvalue weighted by atomic mass is 9.49. The van der Waals surface area contributed by atoms with Crippen molar-refractivity contribution in [2.45, 2.75) is 78.2 Å². The van der Waals surface area contributed by atoms with Crippen molar-refractivity contribution in [1.82, 2.24) is 0 Å². The van der Waals surface area contributed by atoms with Crippen molar-refractivity contribution in [1.29, 1.82) is 0 Å². The molecule has 0 unspecified atom stereocenters. The number of carbonyl (C=O) groups excluding carboxylic acids is 1. The highest BCUT2D eigenvalue weighted by Crippen LogP contribution is 2.58. The van der Waals surface area contributed by atoms with Crippen LogP contribution in [0, 0.1) is 22.7 Å². The smallest absolute Gasteiger partial charge is 0.136 e. The zero-order chi connectivity index (χ0) is 17.3. The van der Waals surface area contributed by atoms with Gasteiger partial charge in [-0.15, -0.1) is 6.58 Å². The molecule has 5 atom stereocenters. The quantitative estimate of drug-likeness (QED) is 0.730. The molecule has 0 aromatic heterocycles. The Morgan fingerprint density at radius 1 is 1.39 bits per heavy atom. The molecule has 0 saturated heterocycles. The minimum absolute atomic E-state index is 0.0685. The first-order chi connectivity index (χ1) is 10.7. The van der Waals surface area contributed by atoms with Crippen LogP contribution in [0.15, 0.2) is 12.2 Å². The Labute approximate surface area is 141 Å². The lowest BCUT2D eigenvalue weighted by molar-refractivity contribution is -0.144. The molecule has 2 rings (SSSR count). The van der Waals surface area contributed by atoms with Crippen molar-refractivity contribution in [3.05, 3.63) is 12.2 Å². The van der Waals surface area contributed by atoms with Gasteiger partial charge >= 0.3 is 0 Å². The minimum Gasteiger partial charge on any atom is -0.394 e. The van der Waals surface area contributed by atoms with Crippen LogP contribution in [-0.4, -0.2) is 28.7 Å². The van der Waals surface area contributed by atoms with Gasteiger partial charge in [-0.25, -0.2) is 0 Å². The molecule has 0 amide bonds. The third kappa shape index (κ3) is 3.71. The van der Waals surface area contributed by atoms with E-state index in [-0.39, 0.29) is 23.4 Å². The topological polar surface area (TPSA) is 57.5 Å². The lowest BCUT2D eigenvalue weighted by Crippen LogP contribution is -2.52. The molecular weight excluding hydrogens is 288 g/mol. The van der Waals surface area contributed by atoms with E-state index in [9.17, 15) is 15.0 Å². The molecule has 2 aliphatic rings. The summed E-state index contributed by atoms with van der Waals surface area (Å²) in [6, 6.07) is 0. The molecule has 23 heavy (non-hydrogen) atoms. The molecule has 0 aromatic rings. The third-order valence-electron chi connectivity index (χ3n) is 6.88. The van der Waals surface area contributed by atoms with E-state index in [0.29, 0.717) is 18.1 Å². The number of rotatable bonds is 6. The van der Waals surface area contributed by atoms with Crippen molar-refractivity contribution >= 4 is 5.78 Å². The largest absolute Gasteiger partial charge is 0.394 e. The van der Waals surface area contributed by atoms with Crippen LogP contribution in [0.3, 0.4) is 0 Å². The number of ketones is 1. The number of hydrogen-bond acceptors (Lipinski definition) is 3. The van der Waals surface area contributed by atoms with E-state index < -0.39 is 6.10 Å². The second-order valence-corrected chi connectivity index (χ2v) is 8.67. The van der Waals surface area contributed by atoms with E-state index in [1.54, 1.807) is 0 Å². The standard InChI is InChI=1S/C20H34O3/c1-14(2)6-5-7-16-17(22)9-8-15-12-19(3,18(23)13-21)10-11-20(15,16)4/h15-16,18,21,23H,1,5-13H2,2-4H3/t15-,16+,18+,19-,20-/m0/s1. The lowest BCUT2D eigenvalue weighted by Gasteiger charge is -2.55. The van der Waals surface area contributed by atoms with Crippen LogP contribution in [0.2, 0.25) is 0 Å². The first-order valence-electron chi connectivity index (χ1n) is 9.19. The molecule has 3 nitrogen and oxygen atoms in total. The van der Waals surface area contributed by atoms with Gasteiger partial charge in [0.15, 0.2) is 0 Å². The van der Waals surface area contributed by atoms with Crippen LogP contribution in [0.25, 0.3) is 0 Å². The maximum Gasteiger partial charge on any atom is 0.136 e. The minimum atomic E-state index is -0.647.